The SMILES string of the molecule is Cc1cnc(NCC(O)CC(C)C)cc1N. The summed E-state index contributed by atoms with van der Waals surface area (Å²) in [5.74, 6) is 1.21. The molecule has 0 saturated carbocycles. The van der Waals surface area contributed by atoms with E-state index in [1.165, 1.54) is 0 Å². The first kappa shape index (κ1) is 12.8. The molecule has 0 aliphatic carbocycles. The monoisotopic (exact) mass is 223 g/mol. The van der Waals surface area contributed by atoms with Crippen LogP contribution in [-0.4, -0.2) is 22.7 Å². The van der Waals surface area contributed by atoms with E-state index in [0.717, 1.165) is 17.7 Å². The van der Waals surface area contributed by atoms with E-state index < -0.39 is 0 Å². The van der Waals surface area contributed by atoms with Gasteiger partial charge >= 0.3 is 0 Å². The summed E-state index contributed by atoms with van der Waals surface area (Å²) in [5.41, 5.74) is 7.45. The van der Waals surface area contributed by atoms with E-state index in [2.05, 4.69) is 24.1 Å². The number of nitrogens with two attached hydrogens (primary N) is 1. The quantitative estimate of drug-likeness (QED) is 0.711. The number of aromatic nitrogens is 1. The number of aliphatic hydroxyl groups excluding tert-OH is 1. The largest absolute Gasteiger partial charge is 0.398 e. The van der Waals surface area contributed by atoms with Crippen LogP contribution < -0.4 is 11.1 Å². The Kier molecular flexibility index (Phi) is 4.55. The lowest BCUT2D eigenvalue weighted by Gasteiger charge is -2.14. The van der Waals surface area contributed by atoms with Gasteiger partial charge in [-0.3, -0.25) is 0 Å². The molecule has 0 amide bonds. The number of hydrogen-bond donors (Lipinski definition) is 3. The first-order chi connectivity index (χ1) is 7.49. The molecule has 1 aromatic rings. The van der Waals surface area contributed by atoms with Crippen molar-refractivity contribution in [2.45, 2.75) is 33.3 Å². The van der Waals surface area contributed by atoms with Crippen LogP contribution >= 0.6 is 0 Å². The van der Waals surface area contributed by atoms with Gasteiger partial charge in [0.2, 0.25) is 0 Å². The predicted molar refractivity (Wildman–Crippen MR) is 67.3 cm³/mol. The summed E-state index contributed by atoms with van der Waals surface area (Å²) in [7, 11) is 0. The number of rotatable bonds is 5. The molecule has 1 atom stereocenters. The Hall–Kier alpha value is -1.29. The van der Waals surface area contributed by atoms with Crippen molar-refractivity contribution in [2.75, 3.05) is 17.6 Å². The second-order valence-corrected chi connectivity index (χ2v) is 4.59. The molecule has 0 fully saturated rings. The van der Waals surface area contributed by atoms with Gasteiger partial charge < -0.3 is 16.2 Å². The molecule has 0 saturated heterocycles. The number of nitrogen functional groups attached to an aromatic ring is 1. The van der Waals surface area contributed by atoms with Gasteiger partial charge in [0.1, 0.15) is 5.82 Å². The van der Waals surface area contributed by atoms with Gasteiger partial charge in [-0.05, 0) is 24.8 Å². The van der Waals surface area contributed by atoms with Crippen molar-refractivity contribution in [3.8, 4) is 0 Å². The maximum Gasteiger partial charge on any atom is 0.128 e. The zero-order valence-corrected chi connectivity index (χ0v) is 10.2. The molecule has 4 heteroatoms. The average Bonchev–Trinajstić information content (AvgIpc) is 2.19. The molecular formula is C12H21N3O. The summed E-state index contributed by atoms with van der Waals surface area (Å²) >= 11 is 0. The van der Waals surface area contributed by atoms with Crippen LogP contribution in [0.4, 0.5) is 11.5 Å². The van der Waals surface area contributed by atoms with Gasteiger partial charge in [0.25, 0.3) is 0 Å². The lowest BCUT2D eigenvalue weighted by Crippen LogP contribution is -2.21. The Morgan fingerprint density at radius 3 is 2.75 bits per heavy atom. The topological polar surface area (TPSA) is 71.2 Å². The Balaban J connectivity index is 2.45. The minimum Gasteiger partial charge on any atom is -0.398 e. The van der Waals surface area contributed by atoms with Gasteiger partial charge in [-0.25, -0.2) is 4.98 Å². The Bertz CT molecular complexity index is 339. The van der Waals surface area contributed by atoms with Gasteiger partial charge in [0.15, 0.2) is 0 Å². The molecule has 1 rings (SSSR count). The molecule has 90 valence electrons. The van der Waals surface area contributed by atoms with E-state index in [9.17, 15) is 5.11 Å². The number of pyridine rings is 1. The number of hydrogen-bond acceptors (Lipinski definition) is 4. The zero-order chi connectivity index (χ0) is 12.1. The summed E-state index contributed by atoms with van der Waals surface area (Å²) in [6, 6.07) is 1.79. The van der Waals surface area contributed by atoms with Crippen molar-refractivity contribution in [2.24, 2.45) is 5.92 Å². The van der Waals surface area contributed by atoms with E-state index in [-0.39, 0.29) is 6.10 Å². The van der Waals surface area contributed by atoms with Crippen LogP contribution in [-0.2, 0) is 0 Å². The minimum atomic E-state index is -0.343. The molecular weight excluding hydrogens is 202 g/mol. The third-order valence-corrected chi connectivity index (χ3v) is 2.41. The standard InChI is InChI=1S/C12H21N3O/c1-8(2)4-10(16)7-15-12-5-11(13)9(3)6-14-12/h5-6,8,10,16H,4,7H2,1-3H3,(H3,13,14,15). The maximum atomic E-state index is 9.68. The highest BCUT2D eigenvalue weighted by molar-refractivity contribution is 5.53. The van der Waals surface area contributed by atoms with Crippen molar-refractivity contribution in [1.82, 2.24) is 4.98 Å². The third kappa shape index (κ3) is 4.06. The summed E-state index contributed by atoms with van der Waals surface area (Å²) < 4.78 is 0. The van der Waals surface area contributed by atoms with Crippen molar-refractivity contribution < 1.29 is 5.11 Å². The number of nitrogens with one attached hydrogen (secondary N) is 1. The summed E-state index contributed by atoms with van der Waals surface area (Å²) in [4.78, 5) is 4.19. The number of nitrogens with zero attached hydrogens (tertiary/aromatic N) is 1. The van der Waals surface area contributed by atoms with Gasteiger partial charge in [-0.15, -0.1) is 0 Å². The lowest BCUT2D eigenvalue weighted by atomic mass is 10.1. The lowest BCUT2D eigenvalue weighted by molar-refractivity contribution is 0.161. The molecule has 0 bridgehead atoms. The fourth-order valence-corrected chi connectivity index (χ4v) is 1.49. The maximum absolute atomic E-state index is 9.68. The van der Waals surface area contributed by atoms with Crippen LogP contribution in [0.3, 0.4) is 0 Å². The Labute approximate surface area is 96.9 Å². The molecule has 1 aromatic heterocycles. The van der Waals surface area contributed by atoms with Crippen LogP contribution in [0.1, 0.15) is 25.8 Å². The average molecular weight is 223 g/mol. The minimum absolute atomic E-state index is 0.343. The third-order valence-electron chi connectivity index (χ3n) is 2.41. The molecule has 4 nitrogen and oxygen atoms in total. The van der Waals surface area contributed by atoms with Crippen LogP contribution in [0.15, 0.2) is 12.3 Å². The van der Waals surface area contributed by atoms with Gasteiger partial charge in [-0.2, -0.15) is 0 Å². The summed E-state index contributed by atoms with van der Waals surface area (Å²) in [6.45, 7) is 6.60. The smallest absolute Gasteiger partial charge is 0.128 e. The molecule has 0 aliphatic heterocycles. The fraction of sp³-hybridized carbons (Fsp3) is 0.583. The van der Waals surface area contributed by atoms with Gasteiger partial charge in [-0.1, -0.05) is 13.8 Å². The molecule has 0 radical (unpaired) electrons. The molecule has 1 heterocycles. The number of anilines is 2. The molecule has 0 aromatic carbocycles. The molecule has 16 heavy (non-hydrogen) atoms. The zero-order valence-electron chi connectivity index (χ0n) is 10.2. The fourth-order valence-electron chi connectivity index (χ4n) is 1.49. The van der Waals surface area contributed by atoms with Crippen molar-refractivity contribution in [1.29, 1.82) is 0 Å². The second kappa shape index (κ2) is 5.70. The van der Waals surface area contributed by atoms with E-state index >= 15 is 0 Å². The summed E-state index contributed by atoms with van der Waals surface area (Å²) in [5, 5.41) is 12.8. The van der Waals surface area contributed by atoms with Crippen LogP contribution in [0.5, 0.6) is 0 Å². The van der Waals surface area contributed by atoms with Crippen LogP contribution in [0, 0.1) is 12.8 Å². The molecule has 4 N–H and O–H groups in total. The highest BCUT2D eigenvalue weighted by Gasteiger charge is 2.07. The predicted octanol–water partition coefficient (Wildman–Crippen LogP) is 1.79. The normalized spacial score (nSPS) is 12.8. The molecule has 0 spiro atoms. The highest BCUT2D eigenvalue weighted by Crippen LogP contribution is 2.14. The van der Waals surface area contributed by atoms with E-state index in [1.807, 2.05) is 6.92 Å². The van der Waals surface area contributed by atoms with Crippen molar-refractivity contribution >= 4 is 11.5 Å². The molecule has 1 unspecified atom stereocenters. The first-order valence-corrected chi connectivity index (χ1v) is 5.63. The Morgan fingerprint density at radius 2 is 2.19 bits per heavy atom. The van der Waals surface area contributed by atoms with Crippen molar-refractivity contribution in [3.63, 3.8) is 0 Å². The molecule has 0 aliphatic rings. The van der Waals surface area contributed by atoms with E-state index in [4.69, 9.17) is 5.73 Å². The van der Waals surface area contributed by atoms with Crippen molar-refractivity contribution in [3.05, 3.63) is 17.8 Å². The highest BCUT2D eigenvalue weighted by atomic mass is 16.3. The second-order valence-electron chi connectivity index (χ2n) is 4.59. The van der Waals surface area contributed by atoms with Crippen LogP contribution in [0.2, 0.25) is 0 Å². The Morgan fingerprint density at radius 1 is 1.50 bits per heavy atom. The summed E-state index contributed by atoms with van der Waals surface area (Å²) in [6.07, 6.45) is 2.17. The van der Waals surface area contributed by atoms with Gasteiger partial charge in [0.05, 0.1) is 6.10 Å². The van der Waals surface area contributed by atoms with Gasteiger partial charge in [0, 0.05) is 24.5 Å². The van der Waals surface area contributed by atoms with E-state index in [1.54, 1.807) is 12.3 Å². The number of aliphatic hydroxyl groups is 1. The van der Waals surface area contributed by atoms with E-state index in [0.29, 0.717) is 18.3 Å². The first-order valence-electron chi connectivity index (χ1n) is 5.63. The number of aryl methyl sites for hydroxylation is 1. The van der Waals surface area contributed by atoms with Crippen LogP contribution in [0.25, 0.3) is 0 Å².